The van der Waals surface area contributed by atoms with E-state index in [1.165, 1.54) is 29.5 Å². The Bertz CT molecular complexity index is 1210. The third-order valence-electron chi connectivity index (χ3n) is 7.39. The fraction of sp³-hybridized carbons (Fsp3) is 0.500. The maximum atomic E-state index is 7.93. The first kappa shape index (κ1) is 24.1. The first-order chi connectivity index (χ1) is 17.0. The fourth-order valence-corrected chi connectivity index (χ4v) is 6.44. The Morgan fingerprint density at radius 2 is 1.94 bits per heavy atom. The fourth-order valence-electron chi connectivity index (χ4n) is 5.11. The van der Waals surface area contributed by atoms with Crippen molar-refractivity contribution in [3.05, 3.63) is 34.2 Å². The van der Waals surface area contributed by atoms with Crippen molar-refractivity contribution >= 4 is 39.3 Å². The van der Waals surface area contributed by atoms with Gasteiger partial charge in [0.15, 0.2) is 11.6 Å². The molecule has 35 heavy (non-hydrogen) atoms. The number of likely N-dealkylation sites (tertiary alicyclic amines) is 1. The van der Waals surface area contributed by atoms with E-state index in [1.807, 2.05) is 29.5 Å². The highest BCUT2D eigenvalue weighted by Gasteiger charge is 2.25. The summed E-state index contributed by atoms with van der Waals surface area (Å²) < 4.78 is 6.76. The molecule has 3 aromatic rings. The Kier molecular flexibility index (Phi) is 7.02. The van der Waals surface area contributed by atoms with Crippen LogP contribution in [0.5, 0.6) is 0 Å². The van der Waals surface area contributed by atoms with Gasteiger partial charge in [0.1, 0.15) is 0 Å². The minimum Gasteiger partial charge on any atom is -0.398 e. The van der Waals surface area contributed by atoms with E-state index in [-0.39, 0.29) is 0 Å². The number of rotatable bonds is 6. The molecule has 0 amide bonds. The molecule has 9 heteroatoms. The highest BCUT2D eigenvalue weighted by atomic mass is 32.1. The van der Waals surface area contributed by atoms with Crippen molar-refractivity contribution in [1.82, 2.24) is 19.8 Å². The summed E-state index contributed by atoms with van der Waals surface area (Å²) in [6, 6.07) is 6.29. The average molecular weight is 494 g/mol. The summed E-state index contributed by atoms with van der Waals surface area (Å²) in [5, 5.41) is 7.93. The summed E-state index contributed by atoms with van der Waals surface area (Å²) in [5.74, 6) is 1.59. The lowest BCUT2D eigenvalue weighted by atomic mass is 10.0. The van der Waals surface area contributed by atoms with Crippen LogP contribution in [0.4, 0.5) is 11.5 Å². The number of anilines is 2. The van der Waals surface area contributed by atoms with Crippen LogP contribution in [0, 0.1) is 12.3 Å². The number of morpholine rings is 1. The zero-order chi connectivity index (χ0) is 24.5. The van der Waals surface area contributed by atoms with Gasteiger partial charge < -0.3 is 25.7 Å². The summed E-state index contributed by atoms with van der Waals surface area (Å²) in [5.41, 5.74) is 10.4. The maximum Gasteiger partial charge on any atom is 0.162 e. The monoisotopic (exact) mass is 493 g/mol. The van der Waals surface area contributed by atoms with E-state index in [0.717, 1.165) is 54.3 Å². The summed E-state index contributed by atoms with van der Waals surface area (Å²) in [6.45, 7) is 8.43. The van der Waals surface area contributed by atoms with Crippen molar-refractivity contribution in [2.75, 3.05) is 64.1 Å². The van der Waals surface area contributed by atoms with Crippen LogP contribution in [0.15, 0.2) is 18.2 Å². The van der Waals surface area contributed by atoms with Gasteiger partial charge in [-0.3, -0.25) is 4.90 Å². The molecule has 186 valence electrons. The third-order valence-corrected chi connectivity index (χ3v) is 8.65. The molecule has 0 aliphatic carbocycles. The molecular formula is C26H35N7OS. The molecule has 2 fully saturated rings. The molecule has 2 aliphatic heterocycles. The second-order valence-corrected chi connectivity index (χ2v) is 10.8. The number of aromatic nitrogens is 2. The SMILES string of the molecule is Cc1c(CN(C)C2CCN(C)CC2)sc2c(N3CCOCC3)nc(-c3cccc(N)c3C=N)nc12. The number of piperidine rings is 1. The number of thiophene rings is 1. The van der Waals surface area contributed by atoms with Gasteiger partial charge in [-0.1, -0.05) is 12.1 Å². The second kappa shape index (κ2) is 10.2. The smallest absolute Gasteiger partial charge is 0.162 e. The third kappa shape index (κ3) is 4.78. The van der Waals surface area contributed by atoms with Gasteiger partial charge in [-0.2, -0.15) is 0 Å². The lowest BCUT2D eigenvalue weighted by molar-refractivity contribution is 0.122. The lowest BCUT2D eigenvalue weighted by Gasteiger charge is -2.35. The zero-order valence-corrected chi connectivity index (χ0v) is 21.7. The van der Waals surface area contributed by atoms with Gasteiger partial charge in [-0.15, -0.1) is 11.3 Å². The van der Waals surface area contributed by atoms with E-state index in [0.29, 0.717) is 36.3 Å². The van der Waals surface area contributed by atoms with Crippen molar-refractivity contribution in [1.29, 1.82) is 5.41 Å². The molecule has 8 nitrogen and oxygen atoms in total. The Balaban J connectivity index is 1.57. The number of nitrogen functional groups attached to an aromatic ring is 1. The van der Waals surface area contributed by atoms with Crippen molar-refractivity contribution in [3.63, 3.8) is 0 Å². The van der Waals surface area contributed by atoms with Gasteiger partial charge in [0.25, 0.3) is 0 Å². The van der Waals surface area contributed by atoms with Gasteiger partial charge in [-0.25, -0.2) is 9.97 Å². The van der Waals surface area contributed by atoms with Crippen molar-refractivity contribution in [2.45, 2.75) is 32.4 Å². The molecule has 0 saturated carbocycles. The number of nitrogens with one attached hydrogen (secondary N) is 1. The quantitative estimate of drug-likeness (QED) is 0.400. The van der Waals surface area contributed by atoms with E-state index >= 15 is 0 Å². The van der Waals surface area contributed by atoms with Gasteiger partial charge in [-0.05, 0) is 58.6 Å². The minimum absolute atomic E-state index is 0.566. The normalized spacial score (nSPS) is 18.0. The first-order valence-electron chi connectivity index (χ1n) is 12.4. The van der Waals surface area contributed by atoms with E-state index in [1.54, 1.807) is 0 Å². The number of nitrogens with two attached hydrogens (primary N) is 1. The molecule has 2 saturated heterocycles. The van der Waals surface area contributed by atoms with Crippen LogP contribution < -0.4 is 10.6 Å². The van der Waals surface area contributed by atoms with E-state index in [9.17, 15) is 0 Å². The number of fused-ring (bicyclic) bond motifs is 1. The molecule has 2 aromatic heterocycles. The van der Waals surface area contributed by atoms with Crippen molar-refractivity contribution < 1.29 is 4.74 Å². The molecule has 0 radical (unpaired) electrons. The number of hydrogen-bond acceptors (Lipinski definition) is 9. The molecule has 0 atom stereocenters. The Labute approximate surface area is 211 Å². The van der Waals surface area contributed by atoms with Crippen LogP contribution in [0.2, 0.25) is 0 Å². The predicted molar refractivity (Wildman–Crippen MR) is 145 cm³/mol. The van der Waals surface area contributed by atoms with Crippen LogP contribution in [0.25, 0.3) is 21.6 Å². The Hall–Kier alpha value is -2.59. The van der Waals surface area contributed by atoms with Gasteiger partial charge in [0.2, 0.25) is 0 Å². The summed E-state index contributed by atoms with van der Waals surface area (Å²) in [6.07, 6.45) is 3.72. The second-order valence-electron chi connectivity index (χ2n) is 9.70. The number of ether oxygens (including phenoxy) is 1. The average Bonchev–Trinajstić information content (AvgIpc) is 3.19. The number of benzene rings is 1. The molecule has 1 aromatic carbocycles. The molecule has 0 spiro atoms. The zero-order valence-electron chi connectivity index (χ0n) is 20.9. The standard InChI is InChI=1S/C26H35N7OS/c1-17-22(16-32(3)18-7-9-31(2)10-8-18)35-24-23(17)29-25(19-5-4-6-21(28)20(19)15-27)30-26(24)33-11-13-34-14-12-33/h4-6,15,18,27H,7-14,16,28H2,1-3H3. The van der Waals surface area contributed by atoms with Gasteiger partial charge >= 0.3 is 0 Å². The van der Waals surface area contributed by atoms with E-state index in [4.69, 9.17) is 25.8 Å². The Morgan fingerprint density at radius 1 is 1.20 bits per heavy atom. The van der Waals surface area contributed by atoms with E-state index in [2.05, 4.69) is 35.7 Å². The summed E-state index contributed by atoms with van der Waals surface area (Å²) in [4.78, 5) is 18.7. The Morgan fingerprint density at radius 3 is 2.66 bits per heavy atom. The summed E-state index contributed by atoms with van der Waals surface area (Å²) >= 11 is 1.82. The first-order valence-corrected chi connectivity index (χ1v) is 13.2. The number of aryl methyl sites for hydroxylation is 1. The van der Waals surface area contributed by atoms with E-state index < -0.39 is 0 Å². The lowest BCUT2D eigenvalue weighted by Crippen LogP contribution is -2.41. The van der Waals surface area contributed by atoms with Crippen LogP contribution in [-0.4, -0.2) is 85.5 Å². The predicted octanol–water partition coefficient (Wildman–Crippen LogP) is 3.61. The van der Waals surface area contributed by atoms with Crippen molar-refractivity contribution in [3.8, 4) is 11.4 Å². The molecular weight excluding hydrogens is 458 g/mol. The highest BCUT2D eigenvalue weighted by molar-refractivity contribution is 7.19. The number of hydrogen-bond donors (Lipinski definition) is 2. The van der Waals surface area contributed by atoms with Crippen LogP contribution in [0.3, 0.4) is 0 Å². The summed E-state index contributed by atoms with van der Waals surface area (Å²) in [7, 11) is 4.46. The topological polar surface area (TPSA) is 94.6 Å². The molecule has 5 rings (SSSR count). The van der Waals surface area contributed by atoms with Crippen LogP contribution in [-0.2, 0) is 11.3 Å². The highest BCUT2D eigenvalue weighted by Crippen LogP contribution is 2.39. The molecule has 4 heterocycles. The van der Waals surface area contributed by atoms with Crippen LogP contribution in [0.1, 0.15) is 28.8 Å². The molecule has 0 bridgehead atoms. The van der Waals surface area contributed by atoms with Gasteiger partial charge in [0, 0.05) is 53.6 Å². The largest absolute Gasteiger partial charge is 0.398 e. The number of nitrogens with zero attached hydrogens (tertiary/aromatic N) is 5. The molecule has 2 aliphatic rings. The molecule has 3 N–H and O–H groups in total. The molecule has 0 unspecified atom stereocenters. The minimum atomic E-state index is 0.566. The van der Waals surface area contributed by atoms with Crippen molar-refractivity contribution in [2.24, 2.45) is 0 Å². The van der Waals surface area contributed by atoms with Gasteiger partial charge in [0.05, 0.1) is 23.4 Å². The maximum absolute atomic E-state index is 7.93. The van der Waals surface area contributed by atoms with Crippen LogP contribution >= 0.6 is 11.3 Å².